The molecule has 0 saturated carbocycles. The average Bonchev–Trinajstić information content (AvgIpc) is 3.02. The zero-order valence-corrected chi connectivity index (χ0v) is 10.4. The first-order valence-corrected chi connectivity index (χ1v) is 6.31. The smallest absolute Gasteiger partial charge is 0.163 e. The van der Waals surface area contributed by atoms with Crippen LogP contribution in [0.15, 0.2) is 35.4 Å². The van der Waals surface area contributed by atoms with Gasteiger partial charge < -0.3 is 14.2 Å². The number of azide groups is 1. The molecule has 1 aromatic rings. The molecular formula is C13H15N3O3. The van der Waals surface area contributed by atoms with Gasteiger partial charge in [0.05, 0.1) is 32.0 Å². The van der Waals surface area contributed by atoms with Crippen LogP contribution in [0, 0.1) is 5.92 Å². The zero-order chi connectivity index (χ0) is 13.1. The van der Waals surface area contributed by atoms with Crippen LogP contribution >= 0.6 is 0 Å². The number of ether oxygens (including phenoxy) is 3. The summed E-state index contributed by atoms with van der Waals surface area (Å²) in [4.78, 5) is 2.86. The Morgan fingerprint density at radius 3 is 2.84 bits per heavy atom. The molecule has 4 atom stereocenters. The predicted octanol–water partition coefficient (Wildman–Crippen LogP) is 2.25. The molecule has 100 valence electrons. The molecule has 2 aliphatic rings. The van der Waals surface area contributed by atoms with Gasteiger partial charge in [-0.15, -0.1) is 0 Å². The number of hydrogen-bond acceptors (Lipinski definition) is 4. The van der Waals surface area contributed by atoms with Gasteiger partial charge in [0.25, 0.3) is 0 Å². The standard InChI is InChI=1S/C13H15N3O3/c14-16-15-10-7-18-13-12(10)11(8-19-13)17-6-9-4-2-1-3-5-9/h1-5,10-13H,6-8H2/t10-,11-,12-,13+/m0/s1. The predicted molar refractivity (Wildman–Crippen MR) is 67.1 cm³/mol. The Hall–Kier alpha value is -1.59. The molecule has 0 aromatic heterocycles. The van der Waals surface area contributed by atoms with E-state index in [4.69, 9.17) is 19.7 Å². The third kappa shape index (κ3) is 2.57. The van der Waals surface area contributed by atoms with Gasteiger partial charge in [0.1, 0.15) is 0 Å². The summed E-state index contributed by atoms with van der Waals surface area (Å²) < 4.78 is 16.9. The fourth-order valence-electron chi connectivity index (χ4n) is 2.59. The Bertz CT molecular complexity index is 475. The Kier molecular flexibility index (Phi) is 3.66. The highest BCUT2D eigenvalue weighted by Crippen LogP contribution is 2.35. The second kappa shape index (κ2) is 5.59. The molecule has 0 amide bonds. The molecule has 0 spiro atoms. The lowest BCUT2D eigenvalue weighted by atomic mass is 9.98. The summed E-state index contributed by atoms with van der Waals surface area (Å²) in [6.45, 7) is 1.42. The van der Waals surface area contributed by atoms with Crippen molar-refractivity contribution in [3.63, 3.8) is 0 Å². The van der Waals surface area contributed by atoms with E-state index in [0.29, 0.717) is 19.8 Å². The van der Waals surface area contributed by atoms with Crippen molar-refractivity contribution in [1.29, 1.82) is 0 Å². The Morgan fingerprint density at radius 2 is 2.05 bits per heavy atom. The molecule has 0 bridgehead atoms. The van der Waals surface area contributed by atoms with Gasteiger partial charge in [-0.1, -0.05) is 35.4 Å². The molecule has 19 heavy (non-hydrogen) atoms. The van der Waals surface area contributed by atoms with Crippen LogP contribution in [-0.4, -0.2) is 31.6 Å². The molecule has 6 heteroatoms. The molecule has 0 aliphatic carbocycles. The molecule has 2 fully saturated rings. The minimum atomic E-state index is -0.295. The second-order valence-corrected chi connectivity index (χ2v) is 4.72. The molecule has 2 aliphatic heterocycles. The minimum absolute atomic E-state index is 0.000359. The van der Waals surface area contributed by atoms with Crippen LogP contribution in [0.2, 0.25) is 0 Å². The lowest BCUT2D eigenvalue weighted by Crippen LogP contribution is -2.30. The van der Waals surface area contributed by atoms with Crippen LogP contribution in [-0.2, 0) is 20.8 Å². The maximum atomic E-state index is 8.56. The molecule has 0 N–H and O–H groups in total. The number of benzene rings is 1. The van der Waals surface area contributed by atoms with Crippen LogP contribution < -0.4 is 0 Å². The van der Waals surface area contributed by atoms with Crippen molar-refractivity contribution in [2.24, 2.45) is 11.0 Å². The first-order chi connectivity index (χ1) is 9.38. The van der Waals surface area contributed by atoms with Crippen molar-refractivity contribution in [2.45, 2.75) is 25.0 Å². The van der Waals surface area contributed by atoms with E-state index in [-0.39, 0.29) is 24.4 Å². The topological polar surface area (TPSA) is 76.5 Å². The van der Waals surface area contributed by atoms with Crippen LogP contribution in [0.5, 0.6) is 0 Å². The lowest BCUT2D eigenvalue weighted by Gasteiger charge is -2.19. The Balaban J connectivity index is 1.63. The van der Waals surface area contributed by atoms with Gasteiger partial charge in [-0.2, -0.15) is 0 Å². The van der Waals surface area contributed by atoms with E-state index in [1.54, 1.807) is 0 Å². The molecule has 2 saturated heterocycles. The van der Waals surface area contributed by atoms with E-state index < -0.39 is 0 Å². The van der Waals surface area contributed by atoms with Gasteiger partial charge in [0.2, 0.25) is 0 Å². The number of hydrogen-bond donors (Lipinski definition) is 0. The minimum Gasteiger partial charge on any atom is -0.371 e. The second-order valence-electron chi connectivity index (χ2n) is 4.72. The number of fused-ring (bicyclic) bond motifs is 1. The average molecular weight is 261 g/mol. The molecule has 6 nitrogen and oxygen atoms in total. The van der Waals surface area contributed by atoms with Gasteiger partial charge in [-0.3, -0.25) is 0 Å². The van der Waals surface area contributed by atoms with Gasteiger partial charge in [0.15, 0.2) is 6.29 Å². The normalized spacial score (nSPS) is 32.8. The maximum absolute atomic E-state index is 8.56. The molecule has 0 radical (unpaired) electrons. The van der Waals surface area contributed by atoms with Crippen molar-refractivity contribution < 1.29 is 14.2 Å². The summed E-state index contributed by atoms with van der Waals surface area (Å²) in [5.74, 6) is -0.000359. The van der Waals surface area contributed by atoms with Crippen molar-refractivity contribution in [2.75, 3.05) is 13.2 Å². The van der Waals surface area contributed by atoms with Crippen LogP contribution in [0.25, 0.3) is 10.4 Å². The third-order valence-corrected chi connectivity index (χ3v) is 3.55. The van der Waals surface area contributed by atoms with Crippen LogP contribution in [0.1, 0.15) is 5.56 Å². The highest BCUT2D eigenvalue weighted by Gasteiger charge is 2.48. The van der Waals surface area contributed by atoms with Crippen LogP contribution in [0.3, 0.4) is 0 Å². The van der Waals surface area contributed by atoms with Gasteiger partial charge in [-0.25, -0.2) is 0 Å². The highest BCUT2D eigenvalue weighted by atomic mass is 16.7. The lowest BCUT2D eigenvalue weighted by molar-refractivity contribution is -0.0910. The summed E-state index contributed by atoms with van der Waals surface area (Å²) in [6, 6.07) is 9.77. The maximum Gasteiger partial charge on any atom is 0.163 e. The van der Waals surface area contributed by atoms with Crippen molar-refractivity contribution in [3.8, 4) is 0 Å². The summed E-state index contributed by atoms with van der Waals surface area (Å²) in [6.07, 6.45) is -0.375. The van der Waals surface area contributed by atoms with E-state index >= 15 is 0 Å². The SMILES string of the molecule is [N-]=[N+]=N[C@H]1CO[C@@H]2OC[C@H](OCc3ccccc3)[C@@H]21. The Morgan fingerprint density at radius 1 is 1.26 bits per heavy atom. The van der Waals surface area contributed by atoms with Gasteiger partial charge in [-0.05, 0) is 11.1 Å². The van der Waals surface area contributed by atoms with Crippen molar-refractivity contribution in [3.05, 3.63) is 46.3 Å². The molecular weight excluding hydrogens is 246 g/mol. The van der Waals surface area contributed by atoms with Gasteiger partial charge >= 0.3 is 0 Å². The fourth-order valence-corrected chi connectivity index (χ4v) is 2.59. The first-order valence-electron chi connectivity index (χ1n) is 6.31. The highest BCUT2D eigenvalue weighted by molar-refractivity contribution is 5.13. The molecule has 1 aromatic carbocycles. The zero-order valence-electron chi connectivity index (χ0n) is 10.4. The van der Waals surface area contributed by atoms with Gasteiger partial charge in [0, 0.05) is 10.8 Å². The monoisotopic (exact) mass is 261 g/mol. The molecule has 0 unspecified atom stereocenters. The number of rotatable bonds is 4. The van der Waals surface area contributed by atoms with E-state index in [9.17, 15) is 0 Å². The third-order valence-electron chi connectivity index (χ3n) is 3.55. The van der Waals surface area contributed by atoms with E-state index in [1.807, 2.05) is 30.3 Å². The molecule has 2 heterocycles. The molecule has 3 rings (SSSR count). The van der Waals surface area contributed by atoms with Crippen molar-refractivity contribution >= 4 is 0 Å². The largest absolute Gasteiger partial charge is 0.371 e. The Labute approximate surface area is 110 Å². The summed E-state index contributed by atoms with van der Waals surface area (Å²) in [5, 5.41) is 3.77. The first kappa shape index (κ1) is 12.4. The number of nitrogens with zero attached hydrogens (tertiary/aromatic N) is 3. The fraction of sp³-hybridized carbons (Fsp3) is 0.538. The van der Waals surface area contributed by atoms with Crippen molar-refractivity contribution in [1.82, 2.24) is 0 Å². The summed E-state index contributed by atoms with van der Waals surface area (Å²) in [5.41, 5.74) is 9.68. The summed E-state index contributed by atoms with van der Waals surface area (Å²) in [7, 11) is 0. The van der Waals surface area contributed by atoms with Crippen LogP contribution in [0.4, 0.5) is 0 Å². The summed E-state index contributed by atoms with van der Waals surface area (Å²) >= 11 is 0. The van der Waals surface area contributed by atoms with E-state index in [1.165, 1.54) is 0 Å². The van der Waals surface area contributed by atoms with E-state index in [0.717, 1.165) is 5.56 Å². The quantitative estimate of drug-likeness (QED) is 0.474. The van der Waals surface area contributed by atoms with E-state index in [2.05, 4.69) is 10.0 Å².